The molecule has 6 nitrogen and oxygen atoms in total. The highest BCUT2D eigenvalue weighted by molar-refractivity contribution is 7.98. The minimum absolute atomic E-state index is 0.0898. The average molecular weight is 263 g/mol. The molecule has 92 valence electrons. The zero-order valence-corrected chi connectivity index (χ0v) is 10.2. The largest absolute Gasteiger partial charge is 0.364 e. The first-order valence-electron chi connectivity index (χ1n) is 5.02. The highest BCUT2D eigenvalue weighted by atomic mass is 32.2. The summed E-state index contributed by atoms with van der Waals surface area (Å²) in [5.41, 5.74) is 8.94. The smallest absolute Gasteiger partial charge is 0.361 e. The van der Waals surface area contributed by atoms with E-state index in [0.717, 1.165) is 6.08 Å². The Kier molecular flexibility index (Phi) is 2.96. The lowest BCUT2D eigenvalue weighted by Gasteiger charge is -2.14. The molecule has 7 heteroatoms. The number of Topliss-reactive ketones (excluding diaryl/α,β-unsaturated/α-hetero) is 1. The van der Waals surface area contributed by atoms with Crippen LogP contribution in [0.1, 0.15) is 15.9 Å². The summed E-state index contributed by atoms with van der Waals surface area (Å²) in [7, 11) is -2.47. The van der Waals surface area contributed by atoms with E-state index in [1.165, 1.54) is 19.2 Å². The topological polar surface area (TPSA) is 99.6 Å². The van der Waals surface area contributed by atoms with Gasteiger partial charge in [-0.05, 0) is 7.05 Å². The van der Waals surface area contributed by atoms with E-state index in [-0.39, 0.29) is 16.2 Å². The minimum atomic E-state index is -3.73. The van der Waals surface area contributed by atoms with Crippen LogP contribution < -0.4 is 4.72 Å². The van der Waals surface area contributed by atoms with Crippen LogP contribution in [0.4, 0.5) is 0 Å². The van der Waals surface area contributed by atoms with E-state index in [1.54, 1.807) is 12.1 Å². The van der Waals surface area contributed by atoms with Crippen LogP contribution in [0.3, 0.4) is 0 Å². The van der Waals surface area contributed by atoms with Crippen molar-refractivity contribution in [2.24, 2.45) is 0 Å². The Bertz CT molecular complexity index is 713. The van der Waals surface area contributed by atoms with E-state index in [2.05, 4.69) is 9.51 Å². The van der Waals surface area contributed by atoms with Gasteiger partial charge in [0.2, 0.25) is 10.0 Å². The molecule has 0 heterocycles. The number of nitrogens with zero attached hydrogens (tertiary/aromatic N) is 2. The van der Waals surface area contributed by atoms with Crippen molar-refractivity contribution < 1.29 is 18.0 Å². The minimum Gasteiger partial charge on any atom is -0.361 e. The van der Waals surface area contributed by atoms with E-state index in [0.29, 0.717) is 5.56 Å². The van der Waals surface area contributed by atoms with Crippen molar-refractivity contribution in [3.05, 3.63) is 47.0 Å². The quantitative estimate of drug-likeness (QED) is 0.619. The number of hydrogen-bond acceptors (Lipinski definition) is 3. The number of ketones is 1. The lowest BCUT2D eigenvalue weighted by molar-refractivity contribution is -0.00437. The molecule has 0 saturated carbocycles. The number of carbonyl (C=O) groups excluding carboxylic acids is 1. The Labute approximate surface area is 104 Å². The SMILES string of the molecule is CNS(=O)(=O)C1=CC(=[N+]=[N-])C(=O)c2ccccc21. The molecule has 1 aromatic rings. The fraction of sp³-hybridized carbons (Fsp3) is 0.0909. The van der Waals surface area contributed by atoms with Gasteiger partial charge in [0, 0.05) is 11.1 Å². The molecular formula is C11H9N3O3S. The summed E-state index contributed by atoms with van der Waals surface area (Å²) >= 11 is 0. The molecule has 0 fully saturated rings. The molecule has 2 rings (SSSR count). The Morgan fingerprint density at radius 2 is 1.83 bits per heavy atom. The van der Waals surface area contributed by atoms with Crippen LogP contribution >= 0.6 is 0 Å². The molecule has 0 spiro atoms. The first-order valence-corrected chi connectivity index (χ1v) is 6.51. The third kappa shape index (κ3) is 1.80. The van der Waals surface area contributed by atoms with Crippen molar-refractivity contribution in [2.45, 2.75) is 0 Å². The summed E-state index contributed by atoms with van der Waals surface area (Å²) in [6, 6.07) is 6.26. The molecule has 0 radical (unpaired) electrons. The molecule has 0 aliphatic heterocycles. The second-order valence-corrected chi connectivity index (χ2v) is 5.43. The molecule has 1 aliphatic carbocycles. The summed E-state index contributed by atoms with van der Waals surface area (Å²) in [6.45, 7) is 0. The van der Waals surface area contributed by atoms with E-state index in [1.807, 2.05) is 0 Å². The van der Waals surface area contributed by atoms with Crippen molar-refractivity contribution >= 4 is 26.4 Å². The van der Waals surface area contributed by atoms with Crippen LogP contribution in [0.5, 0.6) is 0 Å². The lowest BCUT2D eigenvalue weighted by Crippen LogP contribution is -2.27. The number of fused-ring (bicyclic) bond motifs is 1. The van der Waals surface area contributed by atoms with E-state index < -0.39 is 15.8 Å². The summed E-state index contributed by atoms with van der Waals surface area (Å²) in [4.78, 5) is 14.6. The first-order chi connectivity index (χ1) is 8.51. The van der Waals surface area contributed by atoms with Crippen LogP contribution in [0.2, 0.25) is 0 Å². The van der Waals surface area contributed by atoms with Gasteiger partial charge in [-0.15, -0.1) is 0 Å². The fourth-order valence-electron chi connectivity index (χ4n) is 1.71. The molecule has 0 atom stereocenters. The number of nitrogens with one attached hydrogen (secondary N) is 1. The third-order valence-electron chi connectivity index (χ3n) is 2.60. The molecule has 1 N–H and O–H groups in total. The summed E-state index contributed by atoms with van der Waals surface area (Å²) in [6.07, 6.45) is 1.05. The number of allylic oxidation sites excluding steroid dienone is 1. The monoisotopic (exact) mass is 263 g/mol. The number of carbonyl (C=O) groups is 1. The van der Waals surface area contributed by atoms with Gasteiger partial charge in [-0.1, -0.05) is 24.3 Å². The zero-order chi connectivity index (χ0) is 13.3. The zero-order valence-electron chi connectivity index (χ0n) is 9.41. The first kappa shape index (κ1) is 12.4. The van der Waals surface area contributed by atoms with Gasteiger partial charge in [0.15, 0.2) is 0 Å². The van der Waals surface area contributed by atoms with Crippen LogP contribution in [0.25, 0.3) is 10.4 Å². The van der Waals surface area contributed by atoms with Crippen molar-refractivity contribution in [3.63, 3.8) is 0 Å². The standard InChI is InChI=1S/C11H9N3O3S/c1-13-18(16,17)10-6-9(14-12)11(15)8-5-3-2-4-7(8)10/h2-6,13H,1H3. The Hall–Kier alpha value is -2.08. The Balaban J connectivity index is 2.81. The fourth-order valence-corrected chi connectivity index (χ4v) is 2.66. The predicted octanol–water partition coefficient (Wildman–Crippen LogP) is 0.444. The maximum Gasteiger partial charge on any atom is 0.364 e. The molecule has 0 saturated heterocycles. The maximum atomic E-state index is 11.9. The molecule has 1 aliphatic rings. The number of sulfonamides is 1. The summed E-state index contributed by atoms with van der Waals surface area (Å²) in [5.74, 6) is -0.511. The molecule has 0 aromatic heterocycles. The molecule has 18 heavy (non-hydrogen) atoms. The molecular weight excluding hydrogens is 254 g/mol. The van der Waals surface area contributed by atoms with Crippen LogP contribution in [0, 0.1) is 0 Å². The molecule has 1 aromatic carbocycles. The molecule has 0 amide bonds. The highest BCUT2D eigenvalue weighted by Crippen LogP contribution is 2.28. The number of benzene rings is 1. The predicted molar refractivity (Wildman–Crippen MR) is 65.4 cm³/mol. The van der Waals surface area contributed by atoms with E-state index in [4.69, 9.17) is 5.53 Å². The number of rotatable bonds is 2. The summed E-state index contributed by atoms with van der Waals surface area (Å²) < 4.78 is 25.9. The Morgan fingerprint density at radius 3 is 2.39 bits per heavy atom. The van der Waals surface area contributed by atoms with E-state index in [9.17, 15) is 13.2 Å². The van der Waals surface area contributed by atoms with Gasteiger partial charge < -0.3 is 5.53 Å². The van der Waals surface area contributed by atoms with Gasteiger partial charge in [-0.2, -0.15) is 4.79 Å². The second-order valence-electron chi connectivity index (χ2n) is 3.58. The van der Waals surface area contributed by atoms with Crippen LogP contribution in [-0.4, -0.2) is 31.8 Å². The lowest BCUT2D eigenvalue weighted by atomic mass is 9.95. The normalized spacial score (nSPS) is 14.8. The highest BCUT2D eigenvalue weighted by Gasteiger charge is 2.34. The van der Waals surface area contributed by atoms with Crippen molar-refractivity contribution in [1.82, 2.24) is 4.72 Å². The summed E-state index contributed by atoms with van der Waals surface area (Å²) in [5, 5.41) is 0. The maximum absolute atomic E-state index is 11.9. The average Bonchev–Trinajstić information content (AvgIpc) is 2.39. The van der Waals surface area contributed by atoms with Gasteiger partial charge in [-0.25, -0.2) is 13.1 Å². The van der Waals surface area contributed by atoms with Crippen LogP contribution in [-0.2, 0) is 10.0 Å². The van der Waals surface area contributed by atoms with Crippen molar-refractivity contribution in [2.75, 3.05) is 7.05 Å². The van der Waals surface area contributed by atoms with Crippen LogP contribution in [0.15, 0.2) is 30.3 Å². The second kappa shape index (κ2) is 4.30. The molecule has 0 unspecified atom stereocenters. The van der Waals surface area contributed by atoms with Gasteiger partial charge in [0.05, 0.1) is 11.0 Å². The Morgan fingerprint density at radius 1 is 1.22 bits per heavy atom. The number of hydrogen-bond donors (Lipinski definition) is 1. The van der Waals surface area contributed by atoms with Gasteiger partial charge in [-0.3, -0.25) is 4.79 Å². The third-order valence-corrected chi connectivity index (χ3v) is 4.06. The molecule has 0 bridgehead atoms. The van der Waals surface area contributed by atoms with Crippen molar-refractivity contribution in [1.29, 1.82) is 0 Å². The van der Waals surface area contributed by atoms with Gasteiger partial charge in [0.25, 0.3) is 5.78 Å². The van der Waals surface area contributed by atoms with Crippen molar-refractivity contribution in [3.8, 4) is 0 Å². The van der Waals surface area contributed by atoms with Gasteiger partial charge in [0.1, 0.15) is 0 Å². The van der Waals surface area contributed by atoms with Gasteiger partial charge >= 0.3 is 5.71 Å². The van der Waals surface area contributed by atoms with E-state index >= 15 is 0 Å².